The van der Waals surface area contributed by atoms with Crippen LogP contribution in [0.1, 0.15) is 23.8 Å². The minimum atomic E-state index is -0.0551. The molecule has 2 aromatic rings. The van der Waals surface area contributed by atoms with Crippen LogP contribution in [0, 0.1) is 0 Å². The van der Waals surface area contributed by atoms with Crippen molar-refractivity contribution in [1.82, 2.24) is 14.7 Å². The van der Waals surface area contributed by atoms with Crippen LogP contribution < -0.4 is 5.32 Å². The maximum Gasteiger partial charge on any atom is 0.268 e. The second kappa shape index (κ2) is 4.13. The lowest BCUT2D eigenvalue weighted by atomic mass is 10.3. The van der Waals surface area contributed by atoms with Gasteiger partial charge in [0.1, 0.15) is 11.3 Å². The van der Waals surface area contributed by atoms with E-state index in [0.717, 1.165) is 12.1 Å². The number of carbonyl (C=O) groups excluding carboxylic acids is 1. The minimum absolute atomic E-state index is 0.0551. The summed E-state index contributed by atoms with van der Waals surface area (Å²) in [6, 6.07) is 5.50. The van der Waals surface area contributed by atoms with E-state index in [1.165, 1.54) is 0 Å². The van der Waals surface area contributed by atoms with Crippen molar-refractivity contribution in [2.24, 2.45) is 0 Å². The molecular formula is C11H13N3O. The molecule has 78 valence electrons. The monoisotopic (exact) mass is 203 g/mol. The summed E-state index contributed by atoms with van der Waals surface area (Å²) < 4.78 is 1.78. The first kappa shape index (κ1) is 9.71. The largest absolute Gasteiger partial charge is 0.351 e. The van der Waals surface area contributed by atoms with Gasteiger partial charge in [0, 0.05) is 18.9 Å². The van der Waals surface area contributed by atoms with E-state index in [4.69, 9.17) is 0 Å². The second-order valence-corrected chi connectivity index (χ2v) is 3.32. The Morgan fingerprint density at radius 3 is 3.20 bits per heavy atom. The van der Waals surface area contributed by atoms with E-state index in [2.05, 4.69) is 10.3 Å². The van der Waals surface area contributed by atoms with Gasteiger partial charge in [0.25, 0.3) is 5.91 Å². The van der Waals surface area contributed by atoms with Crippen LogP contribution in [0.3, 0.4) is 0 Å². The molecule has 0 unspecified atom stereocenters. The summed E-state index contributed by atoms with van der Waals surface area (Å²) in [6.07, 6.45) is 4.41. The highest BCUT2D eigenvalue weighted by Crippen LogP contribution is 2.05. The Labute approximate surface area is 87.9 Å². The van der Waals surface area contributed by atoms with Gasteiger partial charge in [0.05, 0.1) is 0 Å². The summed E-state index contributed by atoms with van der Waals surface area (Å²) in [7, 11) is 0. The predicted octanol–water partition coefficient (Wildman–Crippen LogP) is 1.47. The molecule has 0 aliphatic heterocycles. The number of fused-ring (bicyclic) bond motifs is 1. The zero-order valence-electron chi connectivity index (χ0n) is 8.60. The van der Waals surface area contributed by atoms with Gasteiger partial charge in [-0.3, -0.25) is 9.20 Å². The lowest BCUT2D eigenvalue weighted by Gasteiger charge is -2.05. The molecule has 0 spiro atoms. The summed E-state index contributed by atoms with van der Waals surface area (Å²) in [5, 5.41) is 2.84. The average molecular weight is 203 g/mol. The number of nitrogens with zero attached hydrogens (tertiary/aromatic N) is 2. The number of rotatable bonds is 3. The highest BCUT2D eigenvalue weighted by atomic mass is 16.1. The summed E-state index contributed by atoms with van der Waals surface area (Å²) in [5.74, 6) is -0.0551. The fourth-order valence-electron chi connectivity index (χ4n) is 1.46. The molecule has 0 bridgehead atoms. The average Bonchev–Trinajstić information content (AvgIpc) is 2.73. The normalized spacial score (nSPS) is 10.5. The molecule has 15 heavy (non-hydrogen) atoms. The van der Waals surface area contributed by atoms with Crippen molar-refractivity contribution >= 4 is 11.6 Å². The molecule has 0 aliphatic rings. The smallest absolute Gasteiger partial charge is 0.268 e. The molecule has 2 heterocycles. The summed E-state index contributed by atoms with van der Waals surface area (Å²) >= 11 is 0. The molecule has 0 atom stereocenters. The lowest BCUT2D eigenvalue weighted by molar-refractivity contribution is 0.0947. The van der Waals surface area contributed by atoms with Gasteiger partial charge in [-0.25, -0.2) is 4.98 Å². The van der Waals surface area contributed by atoms with Crippen LogP contribution in [0.4, 0.5) is 0 Å². The Morgan fingerprint density at radius 2 is 2.40 bits per heavy atom. The highest BCUT2D eigenvalue weighted by Gasteiger charge is 2.08. The molecule has 0 fully saturated rings. The molecule has 0 aromatic carbocycles. The van der Waals surface area contributed by atoms with Crippen molar-refractivity contribution in [3.8, 4) is 0 Å². The van der Waals surface area contributed by atoms with Crippen molar-refractivity contribution in [2.75, 3.05) is 6.54 Å². The summed E-state index contributed by atoms with van der Waals surface area (Å²) in [5.41, 5.74) is 1.41. The number of pyridine rings is 1. The Hall–Kier alpha value is -1.84. The maximum atomic E-state index is 11.8. The number of aromatic nitrogens is 2. The van der Waals surface area contributed by atoms with E-state index in [1.54, 1.807) is 22.9 Å². The highest BCUT2D eigenvalue weighted by molar-refractivity contribution is 5.93. The van der Waals surface area contributed by atoms with Gasteiger partial charge in [-0.2, -0.15) is 0 Å². The van der Waals surface area contributed by atoms with Crippen LogP contribution in [-0.4, -0.2) is 21.8 Å². The third-order valence-corrected chi connectivity index (χ3v) is 2.20. The number of nitrogens with one attached hydrogen (secondary N) is 1. The Balaban J connectivity index is 2.34. The first-order chi connectivity index (χ1) is 7.33. The van der Waals surface area contributed by atoms with E-state index < -0.39 is 0 Å². The molecule has 1 amide bonds. The van der Waals surface area contributed by atoms with E-state index in [-0.39, 0.29) is 5.91 Å². The number of hydrogen-bond donors (Lipinski definition) is 1. The molecule has 0 saturated carbocycles. The minimum Gasteiger partial charge on any atom is -0.351 e. The number of amides is 1. The van der Waals surface area contributed by atoms with Gasteiger partial charge >= 0.3 is 0 Å². The SMILES string of the molecule is CCCNC(=O)c1cccc2nccn12. The maximum absolute atomic E-state index is 11.8. The molecule has 4 heteroatoms. The zero-order valence-corrected chi connectivity index (χ0v) is 8.60. The molecule has 0 saturated heterocycles. The first-order valence-corrected chi connectivity index (χ1v) is 5.03. The van der Waals surface area contributed by atoms with Crippen molar-refractivity contribution < 1.29 is 4.79 Å². The van der Waals surface area contributed by atoms with E-state index in [9.17, 15) is 4.79 Å². The third kappa shape index (κ3) is 1.83. The van der Waals surface area contributed by atoms with Gasteiger partial charge in [-0.05, 0) is 18.6 Å². The summed E-state index contributed by atoms with van der Waals surface area (Å²) in [4.78, 5) is 15.9. The topological polar surface area (TPSA) is 46.4 Å². The van der Waals surface area contributed by atoms with Gasteiger partial charge in [-0.1, -0.05) is 13.0 Å². The standard InChI is InChI=1S/C11H13N3O/c1-2-6-13-11(15)9-4-3-5-10-12-7-8-14(9)10/h3-5,7-8H,2,6H2,1H3,(H,13,15). The second-order valence-electron chi connectivity index (χ2n) is 3.32. The van der Waals surface area contributed by atoms with Crippen LogP contribution >= 0.6 is 0 Å². The molecular weight excluding hydrogens is 190 g/mol. The van der Waals surface area contributed by atoms with Gasteiger partial charge < -0.3 is 5.32 Å². The number of hydrogen-bond acceptors (Lipinski definition) is 2. The van der Waals surface area contributed by atoms with Gasteiger partial charge in [-0.15, -0.1) is 0 Å². The van der Waals surface area contributed by atoms with Crippen LogP contribution in [0.5, 0.6) is 0 Å². The Kier molecular flexibility index (Phi) is 2.67. The first-order valence-electron chi connectivity index (χ1n) is 5.03. The molecule has 1 N–H and O–H groups in total. The van der Waals surface area contributed by atoms with Gasteiger partial charge in [0.2, 0.25) is 0 Å². The fraction of sp³-hybridized carbons (Fsp3) is 0.273. The fourth-order valence-corrected chi connectivity index (χ4v) is 1.46. The molecule has 0 aliphatic carbocycles. The van der Waals surface area contributed by atoms with Crippen molar-refractivity contribution in [1.29, 1.82) is 0 Å². The van der Waals surface area contributed by atoms with Crippen LogP contribution in [0.15, 0.2) is 30.6 Å². The van der Waals surface area contributed by atoms with Crippen molar-refractivity contribution in [3.63, 3.8) is 0 Å². The molecule has 0 radical (unpaired) electrons. The van der Waals surface area contributed by atoms with Crippen molar-refractivity contribution in [2.45, 2.75) is 13.3 Å². The van der Waals surface area contributed by atoms with Crippen molar-refractivity contribution in [3.05, 3.63) is 36.3 Å². The van der Waals surface area contributed by atoms with Crippen LogP contribution in [-0.2, 0) is 0 Å². The van der Waals surface area contributed by atoms with E-state index in [0.29, 0.717) is 12.2 Å². The zero-order chi connectivity index (χ0) is 10.7. The molecule has 2 rings (SSSR count). The van der Waals surface area contributed by atoms with Gasteiger partial charge in [0.15, 0.2) is 0 Å². The Bertz CT molecular complexity index is 475. The van der Waals surface area contributed by atoms with E-state index >= 15 is 0 Å². The molecule has 4 nitrogen and oxygen atoms in total. The quantitative estimate of drug-likeness (QED) is 0.821. The van der Waals surface area contributed by atoms with E-state index in [1.807, 2.05) is 19.1 Å². The van der Waals surface area contributed by atoms with Crippen LogP contribution in [0.2, 0.25) is 0 Å². The Morgan fingerprint density at radius 1 is 1.53 bits per heavy atom. The number of carbonyl (C=O) groups is 1. The summed E-state index contributed by atoms with van der Waals surface area (Å²) in [6.45, 7) is 2.72. The number of imidazole rings is 1. The predicted molar refractivity (Wildman–Crippen MR) is 57.8 cm³/mol. The third-order valence-electron chi connectivity index (χ3n) is 2.20. The lowest BCUT2D eigenvalue weighted by Crippen LogP contribution is -2.25. The molecule has 2 aromatic heterocycles. The van der Waals surface area contributed by atoms with Crippen LogP contribution in [0.25, 0.3) is 5.65 Å².